The monoisotopic (exact) mass is 230 g/mol. The quantitative estimate of drug-likeness (QED) is 0.488. The first-order valence-electron chi connectivity index (χ1n) is 6.90. The van der Waals surface area contributed by atoms with E-state index in [1.54, 1.807) is 22.1 Å². The summed E-state index contributed by atoms with van der Waals surface area (Å²) in [6, 6.07) is 16.0. The van der Waals surface area contributed by atoms with Crippen molar-refractivity contribution >= 4 is 21.5 Å². The van der Waals surface area contributed by atoms with E-state index in [9.17, 15) is 0 Å². The van der Waals surface area contributed by atoms with Crippen molar-refractivity contribution in [2.75, 3.05) is 0 Å². The SMILES string of the molecule is c1ccc2c(c1)cc1c3c4c(ccc32)C1CCC4. The third-order valence-corrected chi connectivity index (χ3v) is 4.87. The van der Waals surface area contributed by atoms with E-state index in [0.717, 1.165) is 0 Å². The Morgan fingerprint density at radius 2 is 1.83 bits per heavy atom. The van der Waals surface area contributed by atoms with Gasteiger partial charge in [-0.1, -0.05) is 36.4 Å². The van der Waals surface area contributed by atoms with Gasteiger partial charge in [0.2, 0.25) is 0 Å². The molecule has 86 valence electrons. The molecular weight excluding hydrogens is 216 g/mol. The first-order valence-corrected chi connectivity index (χ1v) is 6.90. The largest absolute Gasteiger partial charge is 0.0616 e. The zero-order chi connectivity index (χ0) is 11.7. The number of hydrogen-bond acceptors (Lipinski definition) is 0. The molecule has 3 aromatic carbocycles. The highest BCUT2D eigenvalue weighted by Crippen LogP contribution is 2.50. The van der Waals surface area contributed by atoms with Gasteiger partial charge in [-0.2, -0.15) is 0 Å². The van der Waals surface area contributed by atoms with Crippen LogP contribution in [-0.4, -0.2) is 0 Å². The maximum atomic E-state index is 2.45. The smallest absolute Gasteiger partial charge is 0.00988 e. The molecule has 5 rings (SSSR count). The van der Waals surface area contributed by atoms with Crippen LogP contribution in [0.2, 0.25) is 0 Å². The summed E-state index contributed by atoms with van der Waals surface area (Å²) < 4.78 is 0. The van der Waals surface area contributed by atoms with Gasteiger partial charge >= 0.3 is 0 Å². The molecule has 0 radical (unpaired) electrons. The van der Waals surface area contributed by atoms with Gasteiger partial charge in [-0.15, -0.1) is 0 Å². The predicted molar refractivity (Wildman–Crippen MR) is 76.2 cm³/mol. The maximum absolute atomic E-state index is 2.45. The first-order chi connectivity index (χ1) is 8.93. The standard InChI is InChI=1S/C18H14/c1-2-5-12-11(4-1)10-17-13-6-3-7-15-14(13)8-9-16(12)18(15)17/h1-2,4-5,8-10,13H,3,6-7H2. The van der Waals surface area contributed by atoms with Crippen molar-refractivity contribution in [2.45, 2.75) is 25.2 Å². The van der Waals surface area contributed by atoms with Crippen LogP contribution >= 0.6 is 0 Å². The Morgan fingerprint density at radius 3 is 2.83 bits per heavy atom. The Labute approximate surface area is 106 Å². The lowest BCUT2D eigenvalue weighted by atomic mass is 9.87. The molecule has 0 fully saturated rings. The topological polar surface area (TPSA) is 0 Å². The van der Waals surface area contributed by atoms with E-state index < -0.39 is 0 Å². The summed E-state index contributed by atoms with van der Waals surface area (Å²) in [5, 5.41) is 5.90. The molecule has 0 spiro atoms. The van der Waals surface area contributed by atoms with Crippen LogP contribution in [0.25, 0.3) is 21.5 Å². The molecular formula is C18H14. The summed E-state index contributed by atoms with van der Waals surface area (Å²) in [4.78, 5) is 0. The van der Waals surface area contributed by atoms with E-state index in [1.807, 2.05) is 0 Å². The highest BCUT2D eigenvalue weighted by atomic mass is 14.4. The number of hydrogen-bond donors (Lipinski definition) is 0. The molecule has 0 aromatic heterocycles. The fourth-order valence-electron chi connectivity index (χ4n) is 4.16. The van der Waals surface area contributed by atoms with Crippen molar-refractivity contribution in [3.8, 4) is 0 Å². The van der Waals surface area contributed by atoms with Gasteiger partial charge in [0.1, 0.15) is 0 Å². The molecule has 1 unspecified atom stereocenters. The summed E-state index contributed by atoms with van der Waals surface area (Å²) in [5.41, 5.74) is 4.89. The molecule has 1 atom stereocenters. The van der Waals surface area contributed by atoms with E-state index in [-0.39, 0.29) is 0 Å². The van der Waals surface area contributed by atoms with Gasteiger partial charge in [-0.25, -0.2) is 0 Å². The van der Waals surface area contributed by atoms with Gasteiger partial charge in [-0.3, -0.25) is 0 Å². The van der Waals surface area contributed by atoms with Gasteiger partial charge in [0.25, 0.3) is 0 Å². The highest BCUT2D eigenvalue weighted by molar-refractivity contribution is 6.12. The average molecular weight is 230 g/mol. The fourth-order valence-corrected chi connectivity index (χ4v) is 4.16. The van der Waals surface area contributed by atoms with Crippen LogP contribution in [0.4, 0.5) is 0 Å². The van der Waals surface area contributed by atoms with Crippen LogP contribution < -0.4 is 0 Å². The van der Waals surface area contributed by atoms with E-state index >= 15 is 0 Å². The summed E-state index contributed by atoms with van der Waals surface area (Å²) >= 11 is 0. The molecule has 2 aliphatic carbocycles. The van der Waals surface area contributed by atoms with Crippen molar-refractivity contribution < 1.29 is 0 Å². The van der Waals surface area contributed by atoms with E-state index in [2.05, 4.69) is 42.5 Å². The Balaban J connectivity index is 2.10. The summed E-state index contributed by atoms with van der Waals surface area (Å²) in [6.07, 6.45) is 3.99. The van der Waals surface area contributed by atoms with Crippen molar-refractivity contribution in [1.82, 2.24) is 0 Å². The lowest BCUT2D eigenvalue weighted by molar-refractivity contribution is 0.639. The molecule has 18 heavy (non-hydrogen) atoms. The van der Waals surface area contributed by atoms with E-state index in [1.165, 1.54) is 35.4 Å². The van der Waals surface area contributed by atoms with Crippen molar-refractivity contribution in [3.63, 3.8) is 0 Å². The zero-order valence-electron chi connectivity index (χ0n) is 10.2. The second-order valence-electron chi connectivity index (χ2n) is 5.69. The van der Waals surface area contributed by atoms with Crippen LogP contribution in [0.3, 0.4) is 0 Å². The summed E-state index contributed by atoms with van der Waals surface area (Å²) in [7, 11) is 0. The van der Waals surface area contributed by atoms with Crippen LogP contribution in [-0.2, 0) is 6.42 Å². The molecule has 0 saturated heterocycles. The van der Waals surface area contributed by atoms with Crippen molar-refractivity contribution in [2.24, 2.45) is 0 Å². The molecule has 0 aliphatic heterocycles. The number of fused-ring (bicyclic) bond motifs is 3. The van der Waals surface area contributed by atoms with Crippen molar-refractivity contribution in [3.05, 3.63) is 59.2 Å². The van der Waals surface area contributed by atoms with Gasteiger partial charge in [0.15, 0.2) is 0 Å². The van der Waals surface area contributed by atoms with E-state index in [4.69, 9.17) is 0 Å². The summed E-state index contributed by atoms with van der Waals surface area (Å²) in [5.74, 6) is 0.700. The predicted octanol–water partition coefficient (Wildman–Crippen LogP) is 4.77. The lowest BCUT2D eigenvalue weighted by Gasteiger charge is -2.17. The summed E-state index contributed by atoms with van der Waals surface area (Å²) in [6.45, 7) is 0. The normalized spacial score (nSPS) is 20.1. The first kappa shape index (κ1) is 9.16. The molecule has 0 N–H and O–H groups in total. The molecule has 4 bridgehead atoms. The van der Waals surface area contributed by atoms with Crippen LogP contribution in [0.15, 0.2) is 42.5 Å². The van der Waals surface area contributed by atoms with Crippen LogP contribution in [0, 0.1) is 0 Å². The van der Waals surface area contributed by atoms with Crippen LogP contribution in [0.1, 0.15) is 35.4 Å². The number of aryl methyl sites for hydroxylation is 1. The molecule has 0 heteroatoms. The minimum absolute atomic E-state index is 0.700. The molecule has 0 heterocycles. The number of rotatable bonds is 0. The minimum Gasteiger partial charge on any atom is -0.0616 e. The fraction of sp³-hybridized carbons (Fsp3) is 0.222. The molecule has 3 aromatic rings. The van der Waals surface area contributed by atoms with Gasteiger partial charge in [0.05, 0.1) is 0 Å². The van der Waals surface area contributed by atoms with Gasteiger partial charge in [0, 0.05) is 5.92 Å². The van der Waals surface area contributed by atoms with Crippen LogP contribution in [0.5, 0.6) is 0 Å². The molecule has 0 saturated carbocycles. The Bertz CT molecular complexity index is 811. The maximum Gasteiger partial charge on any atom is 0.00988 e. The third-order valence-electron chi connectivity index (χ3n) is 4.87. The Hall–Kier alpha value is -1.82. The zero-order valence-corrected chi connectivity index (χ0v) is 10.2. The molecule has 0 nitrogen and oxygen atoms in total. The lowest BCUT2D eigenvalue weighted by Crippen LogP contribution is -2.03. The third kappa shape index (κ3) is 0.905. The van der Waals surface area contributed by atoms with Gasteiger partial charge < -0.3 is 0 Å². The Kier molecular flexibility index (Phi) is 1.50. The average Bonchev–Trinajstić information content (AvgIpc) is 2.56. The van der Waals surface area contributed by atoms with Gasteiger partial charge in [-0.05, 0) is 63.6 Å². The highest BCUT2D eigenvalue weighted by Gasteiger charge is 2.32. The Morgan fingerprint density at radius 1 is 0.889 bits per heavy atom. The van der Waals surface area contributed by atoms with Crippen molar-refractivity contribution in [1.29, 1.82) is 0 Å². The number of benzene rings is 3. The molecule has 0 amide bonds. The second kappa shape index (κ2) is 2.95. The van der Waals surface area contributed by atoms with E-state index in [0.29, 0.717) is 5.92 Å². The minimum atomic E-state index is 0.700. The second-order valence-corrected chi connectivity index (χ2v) is 5.69. The molecule has 2 aliphatic rings.